The van der Waals surface area contributed by atoms with Crippen molar-refractivity contribution in [1.29, 1.82) is 0 Å². The van der Waals surface area contributed by atoms with Gasteiger partial charge in [-0.15, -0.1) is 11.3 Å². The first kappa shape index (κ1) is 15.6. The molecule has 5 heteroatoms. The molecule has 1 aliphatic carbocycles. The lowest BCUT2D eigenvalue weighted by atomic mass is 9.90. The van der Waals surface area contributed by atoms with E-state index in [1.165, 1.54) is 17.7 Å². The third-order valence-electron chi connectivity index (χ3n) is 4.83. The van der Waals surface area contributed by atoms with Crippen LogP contribution in [-0.2, 0) is 4.79 Å². The normalized spacial score (nSPS) is 20.8. The van der Waals surface area contributed by atoms with Gasteiger partial charge in [0.1, 0.15) is 10.8 Å². The Kier molecular flexibility index (Phi) is 4.27. The number of benzene rings is 1. The number of carbonyl (C=O) groups excluding carboxylic acids is 1. The zero-order valence-electron chi connectivity index (χ0n) is 13.8. The van der Waals surface area contributed by atoms with Crippen LogP contribution in [0.25, 0.3) is 0 Å². The summed E-state index contributed by atoms with van der Waals surface area (Å²) in [4.78, 5) is 18.4. The molecule has 0 radical (unpaired) electrons. The maximum atomic E-state index is 12.7. The molecule has 2 aromatic rings. The summed E-state index contributed by atoms with van der Waals surface area (Å²) in [6.07, 6.45) is 5.69. The summed E-state index contributed by atoms with van der Waals surface area (Å²) >= 11 is 1.69. The van der Waals surface area contributed by atoms with Crippen LogP contribution < -0.4 is 10.1 Å². The van der Waals surface area contributed by atoms with Gasteiger partial charge in [-0.25, -0.2) is 4.98 Å². The topological polar surface area (TPSA) is 51.2 Å². The molecule has 1 amide bonds. The fourth-order valence-corrected chi connectivity index (χ4v) is 4.33. The summed E-state index contributed by atoms with van der Waals surface area (Å²) in [5.74, 6) is 1.85. The Bertz CT molecular complexity index is 738. The van der Waals surface area contributed by atoms with Crippen LogP contribution >= 0.6 is 11.3 Å². The summed E-state index contributed by atoms with van der Waals surface area (Å²) < 4.78 is 5.70. The SMILES string of the molecule is Cc1cnc(C(NC(=O)CC2CCOc3ccccc32)C2CC2)s1. The lowest BCUT2D eigenvalue weighted by Gasteiger charge is -2.26. The average Bonchev–Trinajstić information content (AvgIpc) is 3.34. The average molecular weight is 342 g/mol. The molecule has 4 nitrogen and oxygen atoms in total. The molecule has 1 fully saturated rings. The number of aryl methyl sites for hydroxylation is 1. The number of ether oxygens (including phenoxy) is 1. The van der Waals surface area contributed by atoms with E-state index in [4.69, 9.17) is 4.74 Å². The minimum atomic E-state index is 0.0892. The Labute approximate surface area is 146 Å². The molecule has 0 bridgehead atoms. The highest BCUT2D eigenvalue weighted by Gasteiger charge is 2.35. The number of thiazole rings is 1. The van der Waals surface area contributed by atoms with Gasteiger partial charge < -0.3 is 10.1 Å². The molecule has 4 rings (SSSR count). The van der Waals surface area contributed by atoms with Gasteiger partial charge in [0.2, 0.25) is 5.91 Å². The number of nitrogens with zero attached hydrogens (tertiary/aromatic N) is 1. The van der Waals surface area contributed by atoms with E-state index in [9.17, 15) is 4.79 Å². The number of carbonyl (C=O) groups is 1. The van der Waals surface area contributed by atoms with Gasteiger partial charge in [0.05, 0.1) is 12.6 Å². The maximum Gasteiger partial charge on any atom is 0.221 e. The monoisotopic (exact) mass is 342 g/mol. The second kappa shape index (κ2) is 6.55. The number of para-hydroxylation sites is 1. The molecule has 1 aliphatic heterocycles. The quantitative estimate of drug-likeness (QED) is 0.894. The highest BCUT2D eigenvalue weighted by atomic mass is 32.1. The highest BCUT2D eigenvalue weighted by molar-refractivity contribution is 7.11. The van der Waals surface area contributed by atoms with Gasteiger partial charge >= 0.3 is 0 Å². The first-order valence-electron chi connectivity index (χ1n) is 8.64. The van der Waals surface area contributed by atoms with Crippen molar-refractivity contribution in [2.24, 2.45) is 5.92 Å². The number of nitrogens with one attached hydrogen (secondary N) is 1. The van der Waals surface area contributed by atoms with Crippen molar-refractivity contribution in [2.45, 2.75) is 44.6 Å². The van der Waals surface area contributed by atoms with Crippen LogP contribution in [-0.4, -0.2) is 17.5 Å². The Morgan fingerprint density at radius 1 is 1.38 bits per heavy atom. The molecule has 126 valence electrons. The molecule has 0 spiro atoms. The first-order chi connectivity index (χ1) is 11.7. The van der Waals surface area contributed by atoms with Crippen molar-refractivity contribution in [2.75, 3.05) is 6.61 Å². The van der Waals surface area contributed by atoms with Crippen molar-refractivity contribution in [3.63, 3.8) is 0 Å². The highest BCUT2D eigenvalue weighted by Crippen LogP contribution is 2.42. The third kappa shape index (κ3) is 3.31. The minimum absolute atomic E-state index is 0.0892. The van der Waals surface area contributed by atoms with Gasteiger partial charge in [-0.1, -0.05) is 18.2 Å². The van der Waals surface area contributed by atoms with Gasteiger partial charge in [-0.2, -0.15) is 0 Å². The lowest BCUT2D eigenvalue weighted by Crippen LogP contribution is -2.31. The number of amides is 1. The van der Waals surface area contributed by atoms with Gasteiger partial charge in [-0.05, 0) is 49.7 Å². The van der Waals surface area contributed by atoms with Gasteiger partial charge in [0, 0.05) is 17.5 Å². The molecular weight excluding hydrogens is 320 g/mol. The molecule has 2 unspecified atom stereocenters. The summed E-state index contributed by atoms with van der Waals surface area (Å²) in [6, 6.07) is 8.16. The molecule has 24 heavy (non-hydrogen) atoms. The largest absolute Gasteiger partial charge is 0.493 e. The second-order valence-corrected chi connectivity index (χ2v) is 8.03. The van der Waals surface area contributed by atoms with Crippen molar-refractivity contribution >= 4 is 17.2 Å². The van der Waals surface area contributed by atoms with Crippen LogP contribution in [0.4, 0.5) is 0 Å². The van der Waals surface area contributed by atoms with Gasteiger partial charge in [0.25, 0.3) is 0 Å². The van der Waals surface area contributed by atoms with E-state index in [0.29, 0.717) is 18.9 Å². The fraction of sp³-hybridized carbons (Fsp3) is 0.474. The lowest BCUT2D eigenvalue weighted by molar-refractivity contribution is -0.122. The van der Waals surface area contributed by atoms with Crippen molar-refractivity contribution < 1.29 is 9.53 Å². The predicted molar refractivity (Wildman–Crippen MR) is 94.4 cm³/mol. The van der Waals surface area contributed by atoms with E-state index in [-0.39, 0.29) is 17.9 Å². The predicted octanol–water partition coefficient (Wildman–Crippen LogP) is 3.98. The molecule has 1 N–H and O–H groups in total. The summed E-state index contributed by atoms with van der Waals surface area (Å²) in [6.45, 7) is 2.75. The van der Waals surface area contributed by atoms with Crippen LogP contribution in [0.15, 0.2) is 30.5 Å². The smallest absolute Gasteiger partial charge is 0.221 e. The van der Waals surface area contributed by atoms with E-state index in [2.05, 4.69) is 23.3 Å². The fourth-order valence-electron chi connectivity index (χ4n) is 3.41. The molecule has 1 aromatic carbocycles. The van der Waals surface area contributed by atoms with E-state index in [1.807, 2.05) is 24.4 Å². The van der Waals surface area contributed by atoms with E-state index in [1.54, 1.807) is 11.3 Å². The van der Waals surface area contributed by atoms with Crippen LogP contribution in [0.3, 0.4) is 0 Å². The minimum Gasteiger partial charge on any atom is -0.493 e. The zero-order valence-corrected chi connectivity index (χ0v) is 14.6. The number of hydrogen-bond acceptors (Lipinski definition) is 4. The molecule has 2 aliphatic rings. The number of fused-ring (bicyclic) bond motifs is 1. The van der Waals surface area contributed by atoms with Crippen molar-refractivity contribution in [3.05, 3.63) is 45.9 Å². The van der Waals surface area contributed by atoms with Crippen LogP contribution in [0.1, 0.15) is 53.1 Å². The van der Waals surface area contributed by atoms with Crippen molar-refractivity contribution in [1.82, 2.24) is 10.3 Å². The van der Waals surface area contributed by atoms with E-state index in [0.717, 1.165) is 22.7 Å². The Morgan fingerprint density at radius 2 is 2.21 bits per heavy atom. The first-order valence-corrected chi connectivity index (χ1v) is 9.46. The number of hydrogen-bond donors (Lipinski definition) is 1. The summed E-state index contributed by atoms with van der Waals surface area (Å²) in [5.41, 5.74) is 1.16. The van der Waals surface area contributed by atoms with E-state index >= 15 is 0 Å². The van der Waals surface area contributed by atoms with Crippen molar-refractivity contribution in [3.8, 4) is 5.75 Å². The zero-order chi connectivity index (χ0) is 16.5. The Balaban J connectivity index is 1.45. The standard InChI is InChI=1S/C19H22N2O2S/c1-12-11-20-19(24-12)18(13-6-7-13)21-17(22)10-14-8-9-23-16-5-3-2-4-15(14)16/h2-5,11,13-14,18H,6-10H2,1H3,(H,21,22). The van der Waals surface area contributed by atoms with Gasteiger partial charge in [-0.3, -0.25) is 4.79 Å². The molecule has 1 saturated carbocycles. The Hall–Kier alpha value is -1.88. The molecule has 0 saturated heterocycles. The van der Waals surface area contributed by atoms with E-state index < -0.39 is 0 Å². The third-order valence-corrected chi connectivity index (χ3v) is 5.83. The van der Waals surface area contributed by atoms with Crippen LogP contribution in [0, 0.1) is 12.8 Å². The number of aromatic nitrogens is 1. The van der Waals surface area contributed by atoms with Gasteiger partial charge in [0.15, 0.2) is 0 Å². The Morgan fingerprint density at radius 3 is 2.96 bits per heavy atom. The number of rotatable bonds is 5. The molecule has 1 aromatic heterocycles. The molecule has 2 atom stereocenters. The van der Waals surface area contributed by atoms with Crippen LogP contribution in [0.2, 0.25) is 0 Å². The molecular formula is C19H22N2O2S. The maximum absolute atomic E-state index is 12.7. The summed E-state index contributed by atoms with van der Waals surface area (Å²) in [7, 11) is 0. The second-order valence-electron chi connectivity index (χ2n) is 6.77. The van der Waals surface area contributed by atoms with Crippen LogP contribution in [0.5, 0.6) is 5.75 Å². The summed E-state index contributed by atoms with van der Waals surface area (Å²) in [5, 5.41) is 4.31. The molecule has 2 heterocycles.